The average Bonchev–Trinajstić information content (AvgIpc) is 2.71. The van der Waals surface area contributed by atoms with Crippen molar-refractivity contribution in [2.45, 2.75) is 51.2 Å². The first-order chi connectivity index (χ1) is 16.0. The Morgan fingerprint density at radius 3 is 1.89 bits per heavy atom. The molecule has 2 aromatic rings. The van der Waals surface area contributed by atoms with Crippen molar-refractivity contribution in [1.82, 2.24) is 4.90 Å². The predicted molar refractivity (Wildman–Crippen MR) is 114 cm³/mol. The monoisotopic (exact) mass is 509 g/mol. The van der Waals surface area contributed by atoms with Crippen molar-refractivity contribution in [3.63, 3.8) is 0 Å². The maximum Gasteiger partial charge on any atom is 0.416 e. The number of nitrogens with zero attached hydrogens (tertiary/aromatic N) is 1. The highest BCUT2D eigenvalue weighted by molar-refractivity contribution is 5.67. The minimum atomic E-state index is -4.97. The second-order valence-electron chi connectivity index (χ2n) is 9.04. The van der Waals surface area contributed by atoms with E-state index in [1.807, 2.05) is 0 Å². The van der Waals surface area contributed by atoms with Gasteiger partial charge in [0.05, 0.1) is 24.3 Å². The van der Waals surface area contributed by atoms with Crippen molar-refractivity contribution in [3.05, 3.63) is 70.5 Å². The molecule has 1 unspecified atom stereocenters. The van der Waals surface area contributed by atoms with Crippen molar-refractivity contribution in [1.29, 1.82) is 0 Å². The van der Waals surface area contributed by atoms with Crippen molar-refractivity contribution >= 4 is 6.09 Å². The maximum absolute atomic E-state index is 13.4. The zero-order valence-corrected chi connectivity index (χ0v) is 19.6. The normalized spacial score (nSPS) is 13.5. The molecule has 0 aliphatic carbocycles. The quantitative estimate of drug-likeness (QED) is 0.376. The average molecular weight is 509 g/mol. The van der Waals surface area contributed by atoms with Gasteiger partial charge >= 0.3 is 18.4 Å². The lowest BCUT2D eigenvalue weighted by molar-refractivity contribution is -0.143. The third-order valence-corrected chi connectivity index (χ3v) is 4.78. The van der Waals surface area contributed by atoms with Crippen LogP contribution >= 0.6 is 0 Å². The zero-order valence-electron chi connectivity index (χ0n) is 19.6. The van der Waals surface area contributed by atoms with Crippen molar-refractivity contribution in [3.8, 4) is 0 Å². The Morgan fingerprint density at radius 1 is 0.914 bits per heavy atom. The Labute approximate surface area is 198 Å². The van der Waals surface area contributed by atoms with E-state index in [1.165, 1.54) is 36.2 Å². The van der Waals surface area contributed by atoms with E-state index in [4.69, 9.17) is 9.47 Å². The number of hydrogen-bond donors (Lipinski definition) is 0. The van der Waals surface area contributed by atoms with Crippen LogP contribution in [0.15, 0.2) is 42.5 Å². The van der Waals surface area contributed by atoms with Gasteiger partial charge in [-0.05, 0) is 62.2 Å². The van der Waals surface area contributed by atoms with Gasteiger partial charge < -0.3 is 14.4 Å². The Morgan fingerprint density at radius 2 is 1.43 bits per heavy atom. The van der Waals surface area contributed by atoms with Crippen LogP contribution in [0.25, 0.3) is 0 Å². The van der Waals surface area contributed by atoms with Crippen LogP contribution in [0.4, 0.5) is 35.5 Å². The fourth-order valence-electron chi connectivity index (χ4n) is 3.16. The summed E-state index contributed by atoms with van der Waals surface area (Å²) in [6.45, 7) is 4.38. The molecule has 4 nitrogen and oxygen atoms in total. The van der Waals surface area contributed by atoms with Crippen LogP contribution in [0.1, 0.15) is 48.9 Å². The summed E-state index contributed by atoms with van der Waals surface area (Å²) in [5.74, 6) is -1.07. The summed E-state index contributed by atoms with van der Waals surface area (Å²) < 4.78 is 103. The van der Waals surface area contributed by atoms with Crippen molar-refractivity contribution < 1.29 is 45.0 Å². The number of carbonyl (C=O) groups excluding carboxylic acids is 1. The lowest BCUT2D eigenvalue weighted by Gasteiger charge is -2.28. The molecule has 0 bridgehead atoms. The van der Waals surface area contributed by atoms with E-state index < -0.39 is 53.5 Å². The van der Waals surface area contributed by atoms with Crippen LogP contribution in [0.2, 0.25) is 0 Å². The molecular weight excluding hydrogens is 483 g/mol. The molecule has 0 fully saturated rings. The number of amides is 1. The number of hydrogen-bond acceptors (Lipinski definition) is 3. The van der Waals surface area contributed by atoms with Crippen molar-refractivity contribution in [2.75, 3.05) is 20.2 Å². The number of rotatable bonds is 7. The molecular formula is C24H26F7NO3. The fourth-order valence-corrected chi connectivity index (χ4v) is 3.16. The topological polar surface area (TPSA) is 38.8 Å². The minimum Gasteiger partial charge on any atom is -0.444 e. The number of carbonyl (C=O) groups is 1. The van der Waals surface area contributed by atoms with E-state index in [9.17, 15) is 35.5 Å². The second kappa shape index (κ2) is 10.8. The minimum absolute atomic E-state index is 0.0386. The molecule has 2 aromatic carbocycles. The molecule has 0 saturated heterocycles. The predicted octanol–water partition coefficient (Wildman–Crippen LogP) is 7.03. The number of likely N-dealkylation sites (N-methyl/N-ethyl adjacent to an activating group) is 1. The summed E-state index contributed by atoms with van der Waals surface area (Å²) in [5, 5.41) is 0. The van der Waals surface area contributed by atoms with Gasteiger partial charge in [-0.15, -0.1) is 0 Å². The Kier molecular flexibility index (Phi) is 8.80. The van der Waals surface area contributed by atoms with E-state index in [-0.39, 0.29) is 24.8 Å². The first-order valence-corrected chi connectivity index (χ1v) is 10.5. The zero-order chi connectivity index (χ0) is 26.6. The molecule has 0 saturated carbocycles. The summed E-state index contributed by atoms with van der Waals surface area (Å²) >= 11 is 0. The number of benzene rings is 2. The SMILES string of the molecule is CN(CC(COCc1cc(C(F)(F)F)cc(C(F)(F)F)c1)c1ccc(F)cc1)C(=O)OC(C)(C)C. The molecule has 0 aliphatic rings. The van der Waals surface area contributed by atoms with Crippen molar-refractivity contribution in [2.24, 2.45) is 0 Å². The third-order valence-electron chi connectivity index (χ3n) is 4.78. The van der Waals surface area contributed by atoms with Gasteiger partial charge in [0.1, 0.15) is 11.4 Å². The molecule has 0 N–H and O–H groups in total. The summed E-state index contributed by atoms with van der Waals surface area (Å²) in [6, 6.07) is 6.53. The summed E-state index contributed by atoms with van der Waals surface area (Å²) in [5.41, 5.74) is -3.39. The van der Waals surface area contributed by atoms with Gasteiger partial charge in [0.25, 0.3) is 0 Å². The van der Waals surface area contributed by atoms with E-state index in [0.717, 1.165) is 0 Å². The summed E-state index contributed by atoms with van der Waals surface area (Å²) in [7, 11) is 1.47. The van der Waals surface area contributed by atoms with Crippen LogP contribution in [-0.4, -0.2) is 36.8 Å². The highest BCUT2D eigenvalue weighted by atomic mass is 19.4. The molecule has 194 valence electrons. The van der Waals surface area contributed by atoms with Crippen LogP contribution in [0.5, 0.6) is 0 Å². The molecule has 0 aliphatic heterocycles. The largest absolute Gasteiger partial charge is 0.444 e. The molecule has 1 atom stereocenters. The van der Waals surface area contributed by atoms with E-state index in [1.54, 1.807) is 20.8 Å². The Bertz CT molecular complexity index is 964. The van der Waals surface area contributed by atoms with Crippen LogP contribution in [0, 0.1) is 5.82 Å². The fraction of sp³-hybridized carbons (Fsp3) is 0.458. The van der Waals surface area contributed by atoms with Crippen LogP contribution in [0.3, 0.4) is 0 Å². The lowest BCUT2D eigenvalue weighted by atomic mass is 9.99. The molecule has 35 heavy (non-hydrogen) atoms. The first kappa shape index (κ1) is 28.4. The van der Waals surface area contributed by atoms with E-state index in [0.29, 0.717) is 17.7 Å². The Hall–Kier alpha value is -2.82. The molecule has 2 rings (SSSR count). The van der Waals surface area contributed by atoms with Gasteiger partial charge in [-0.1, -0.05) is 12.1 Å². The second-order valence-corrected chi connectivity index (χ2v) is 9.04. The Balaban J connectivity index is 2.21. The number of halogens is 7. The molecule has 0 radical (unpaired) electrons. The molecule has 1 amide bonds. The summed E-state index contributed by atoms with van der Waals surface area (Å²) in [4.78, 5) is 13.6. The number of alkyl halides is 6. The van der Waals surface area contributed by atoms with E-state index >= 15 is 0 Å². The molecule has 0 heterocycles. The standard InChI is InChI=1S/C24H26F7NO3/c1-22(2,3)35-21(33)32(4)12-17(16-5-7-20(25)8-6-16)14-34-13-15-9-18(23(26,27)28)11-19(10-15)24(29,30)31/h5-11,17H,12-14H2,1-4H3. The smallest absolute Gasteiger partial charge is 0.416 e. The third kappa shape index (κ3) is 9.04. The van der Waals surface area contributed by atoms with Gasteiger partial charge in [0.2, 0.25) is 0 Å². The van der Waals surface area contributed by atoms with E-state index in [2.05, 4.69) is 0 Å². The summed E-state index contributed by atoms with van der Waals surface area (Å²) in [6.07, 6.45) is -10.6. The van der Waals surface area contributed by atoms with Crippen LogP contribution < -0.4 is 0 Å². The highest BCUT2D eigenvalue weighted by Gasteiger charge is 2.37. The van der Waals surface area contributed by atoms with Gasteiger partial charge in [-0.25, -0.2) is 9.18 Å². The van der Waals surface area contributed by atoms with Gasteiger partial charge in [-0.2, -0.15) is 26.3 Å². The maximum atomic E-state index is 13.4. The molecule has 0 spiro atoms. The highest BCUT2D eigenvalue weighted by Crippen LogP contribution is 2.36. The van der Waals surface area contributed by atoms with Gasteiger partial charge in [0.15, 0.2) is 0 Å². The van der Waals surface area contributed by atoms with Gasteiger partial charge in [0, 0.05) is 19.5 Å². The van der Waals surface area contributed by atoms with Gasteiger partial charge in [-0.3, -0.25) is 0 Å². The molecule has 11 heteroatoms. The number of ether oxygens (including phenoxy) is 2. The molecule has 0 aromatic heterocycles. The van der Waals surface area contributed by atoms with Crippen LogP contribution in [-0.2, 0) is 28.4 Å². The first-order valence-electron chi connectivity index (χ1n) is 10.5. The lowest BCUT2D eigenvalue weighted by Crippen LogP contribution is -2.37.